The van der Waals surface area contributed by atoms with Gasteiger partial charge in [0.05, 0.1) is 0 Å². The molecule has 0 saturated heterocycles. The molecule has 0 unspecified atom stereocenters. The molecule has 5 nitrogen and oxygen atoms in total. The number of carbonyl (C=O) groups excluding carboxylic acids is 1. The molecule has 0 spiro atoms. The highest BCUT2D eigenvalue weighted by molar-refractivity contribution is 5.69. The lowest BCUT2D eigenvalue weighted by Crippen LogP contribution is -2.26. The second-order valence-corrected chi connectivity index (χ2v) is 5.05. The lowest BCUT2D eigenvalue weighted by molar-refractivity contribution is 0.129. The van der Waals surface area contributed by atoms with E-state index in [-0.39, 0.29) is 12.5 Å². The predicted molar refractivity (Wildman–Crippen MR) is 84.6 cm³/mol. The van der Waals surface area contributed by atoms with E-state index in [1.165, 1.54) is 12.5 Å². The molecular formula is C18H17NO4. The molecule has 1 aliphatic heterocycles. The third kappa shape index (κ3) is 4.26. The molecular weight excluding hydrogens is 294 g/mol. The standard InChI is InChI=1S/C18H17NO4/c20-18(22-11-14-7-3-1-4-8-14)19-17-13-21-12-16(23-17)15-9-5-2-6-10-15/h1-5,7-9,12-13H,6,10-11H2,(H,19,20). The van der Waals surface area contributed by atoms with Crippen molar-refractivity contribution in [2.45, 2.75) is 19.4 Å². The first-order chi connectivity index (χ1) is 11.3. The highest BCUT2D eigenvalue weighted by atomic mass is 16.6. The van der Waals surface area contributed by atoms with Crippen LogP contribution in [0.2, 0.25) is 0 Å². The summed E-state index contributed by atoms with van der Waals surface area (Å²) in [6.07, 6.45) is 10.1. The van der Waals surface area contributed by atoms with Crippen molar-refractivity contribution in [1.82, 2.24) is 5.32 Å². The number of amides is 1. The molecule has 1 N–H and O–H groups in total. The Morgan fingerprint density at radius 1 is 1.22 bits per heavy atom. The second-order valence-electron chi connectivity index (χ2n) is 5.05. The Balaban J connectivity index is 1.50. The summed E-state index contributed by atoms with van der Waals surface area (Å²) in [5.74, 6) is 0.797. The summed E-state index contributed by atoms with van der Waals surface area (Å²) >= 11 is 0. The average molecular weight is 311 g/mol. The number of rotatable bonds is 4. The summed E-state index contributed by atoms with van der Waals surface area (Å²) in [6.45, 7) is 0.194. The van der Waals surface area contributed by atoms with Gasteiger partial charge in [-0.25, -0.2) is 4.79 Å². The predicted octanol–water partition coefficient (Wildman–Crippen LogP) is 3.88. The van der Waals surface area contributed by atoms with Crippen LogP contribution in [0.25, 0.3) is 0 Å². The number of carbonyl (C=O) groups is 1. The van der Waals surface area contributed by atoms with Gasteiger partial charge in [0, 0.05) is 0 Å². The molecule has 2 aliphatic rings. The number of nitrogens with one attached hydrogen (secondary N) is 1. The van der Waals surface area contributed by atoms with E-state index in [0.29, 0.717) is 5.76 Å². The van der Waals surface area contributed by atoms with Crippen LogP contribution in [0.5, 0.6) is 0 Å². The smallest absolute Gasteiger partial charge is 0.414 e. The fraction of sp³-hybridized carbons (Fsp3) is 0.167. The monoisotopic (exact) mass is 311 g/mol. The number of hydrogen-bond donors (Lipinski definition) is 1. The summed E-state index contributed by atoms with van der Waals surface area (Å²) in [7, 11) is 0. The van der Waals surface area contributed by atoms with Crippen LogP contribution in [0.15, 0.2) is 78.3 Å². The van der Waals surface area contributed by atoms with Crippen molar-refractivity contribution in [3.05, 3.63) is 83.9 Å². The number of ether oxygens (including phenoxy) is 3. The molecule has 1 aromatic rings. The zero-order chi connectivity index (χ0) is 15.9. The van der Waals surface area contributed by atoms with Crippen molar-refractivity contribution in [2.75, 3.05) is 0 Å². The first-order valence-electron chi connectivity index (χ1n) is 7.39. The van der Waals surface area contributed by atoms with Crippen molar-refractivity contribution in [3.8, 4) is 0 Å². The highest BCUT2D eigenvalue weighted by Crippen LogP contribution is 2.25. The lowest BCUT2D eigenvalue weighted by atomic mass is 10.0. The Morgan fingerprint density at radius 3 is 2.87 bits per heavy atom. The van der Waals surface area contributed by atoms with Crippen molar-refractivity contribution < 1.29 is 19.0 Å². The lowest BCUT2D eigenvalue weighted by Gasteiger charge is -2.19. The SMILES string of the molecule is O=C(NC1=COC=C(C2=CC=CCC2)O1)OCc1ccccc1. The van der Waals surface area contributed by atoms with Gasteiger partial charge in [-0.05, 0) is 24.0 Å². The highest BCUT2D eigenvalue weighted by Gasteiger charge is 2.17. The minimum absolute atomic E-state index is 0.194. The molecule has 0 fully saturated rings. The molecule has 0 aromatic heterocycles. The largest absolute Gasteiger partial charge is 0.463 e. The average Bonchev–Trinajstić information content (AvgIpc) is 2.62. The van der Waals surface area contributed by atoms with E-state index < -0.39 is 6.09 Å². The van der Waals surface area contributed by atoms with Crippen LogP contribution in [-0.2, 0) is 20.8 Å². The Kier molecular flexibility index (Phi) is 4.79. The third-order valence-electron chi connectivity index (χ3n) is 3.34. The van der Waals surface area contributed by atoms with Crippen LogP contribution in [-0.4, -0.2) is 6.09 Å². The van der Waals surface area contributed by atoms with Gasteiger partial charge in [0.1, 0.15) is 12.9 Å². The van der Waals surface area contributed by atoms with Crippen LogP contribution in [0.4, 0.5) is 4.79 Å². The van der Waals surface area contributed by atoms with Crippen LogP contribution in [0, 0.1) is 0 Å². The molecule has 1 amide bonds. The summed E-state index contributed by atoms with van der Waals surface area (Å²) in [5.41, 5.74) is 1.94. The zero-order valence-electron chi connectivity index (χ0n) is 12.5. The molecule has 1 heterocycles. The van der Waals surface area contributed by atoms with Gasteiger partial charge in [0.2, 0.25) is 5.88 Å². The van der Waals surface area contributed by atoms with E-state index in [1.54, 1.807) is 0 Å². The molecule has 3 rings (SSSR count). The van der Waals surface area contributed by atoms with Gasteiger partial charge >= 0.3 is 6.09 Å². The fourth-order valence-electron chi connectivity index (χ4n) is 2.19. The third-order valence-corrected chi connectivity index (χ3v) is 3.34. The van der Waals surface area contributed by atoms with Crippen LogP contribution in [0.3, 0.4) is 0 Å². The maximum atomic E-state index is 11.8. The van der Waals surface area contributed by atoms with Crippen molar-refractivity contribution >= 4 is 6.09 Å². The second kappa shape index (κ2) is 7.35. The fourth-order valence-corrected chi connectivity index (χ4v) is 2.19. The molecule has 1 aliphatic carbocycles. The van der Waals surface area contributed by atoms with E-state index in [4.69, 9.17) is 14.2 Å². The van der Waals surface area contributed by atoms with Crippen LogP contribution >= 0.6 is 0 Å². The molecule has 5 heteroatoms. The minimum atomic E-state index is -0.595. The number of hydrogen-bond acceptors (Lipinski definition) is 4. The maximum absolute atomic E-state index is 11.8. The van der Waals surface area contributed by atoms with Gasteiger partial charge in [0.25, 0.3) is 0 Å². The Morgan fingerprint density at radius 2 is 2.09 bits per heavy atom. The minimum Gasteiger partial charge on any atom is -0.463 e. The quantitative estimate of drug-likeness (QED) is 0.917. The number of benzene rings is 1. The van der Waals surface area contributed by atoms with Gasteiger partial charge in [-0.3, -0.25) is 5.32 Å². The van der Waals surface area contributed by atoms with Gasteiger partial charge in [-0.2, -0.15) is 0 Å². The van der Waals surface area contributed by atoms with Gasteiger partial charge in [-0.15, -0.1) is 0 Å². The zero-order valence-corrected chi connectivity index (χ0v) is 12.5. The topological polar surface area (TPSA) is 56.8 Å². The molecule has 118 valence electrons. The number of allylic oxidation sites excluding steroid dienone is 4. The maximum Gasteiger partial charge on any atom is 0.414 e. The van der Waals surface area contributed by atoms with E-state index >= 15 is 0 Å². The number of alkyl carbamates (subject to hydrolysis) is 1. The molecule has 1 aromatic carbocycles. The molecule has 0 bridgehead atoms. The van der Waals surface area contributed by atoms with Crippen molar-refractivity contribution in [3.63, 3.8) is 0 Å². The Hall–Kier alpha value is -2.95. The van der Waals surface area contributed by atoms with Gasteiger partial charge in [0.15, 0.2) is 12.0 Å². The van der Waals surface area contributed by atoms with Crippen molar-refractivity contribution in [1.29, 1.82) is 0 Å². The summed E-state index contributed by atoms with van der Waals surface area (Å²) < 4.78 is 16.0. The molecule has 0 saturated carbocycles. The van der Waals surface area contributed by atoms with Gasteiger partial charge < -0.3 is 14.2 Å². The Bertz CT molecular complexity index is 686. The first-order valence-corrected chi connectivity index (χ1v) is 7.39. The van der Waals surface area contributed by atoms with Crippen LogP contribution in [0.1, 0.15) is 18.4 Å². The van der Waals surface area contributed by atoms with E-state index in [0.717, 1.165) is 24.0 Å². The first kappa shape index (κ1) is 15.0. The van der Waals surface area contributed by atoms with Crippen LogP contribution < -0.4 is 5.32 Å². The van der Waals surface area contributed by atoms with E-state index in [2.05, 4.69) is 11.4 Å². The van der Waals surface area contributed by atoms with E-state index in [1.807, 2.05) is 42.5 Å². The molecule has 0 radical (unpaired) electrons. The van der Waals surface area contributed by atoms with E-state index in [9.17, 15) is 4.79 Å². The molecule has 23 heavy (non-hydrogen) atoms. The van der Waals surface area contributed by atoms with Gasteiger partial charge in [-0.1, -0.05) is 48.6 Å². The summed E-state index contributed by atoms with van der Waals surface area (Å²) in [4.78, 5) is 11.8. The normalized spacial score (nSPS) is 16.3. The molecule has 0 atom stereocenters. The Labute approximate surface area is 134 Å². The summed E-state index contributed by atoms with van der Waals surface area (Å²) in [6, 6.07) is 9.46. The summed E-state index contributed by atoms with van der Waals surface area (Å²) in [5, 5.41) is 2.52. The van der Waals surface area contributed by atoms with Crippen molar-refractivity contribution in [2.24, 2.45) is 0 Å².